The van der Waals surface area contributed by atoms with Crippen LogP contribution in [0.15, 0.2) is 11.3 Å². The van der Waals surface area contributed by atoms with E-state index in [0.717, 1.165) is 51.1 Å². The van der Waals surface area contributed by atoms with Crippen molar-refractivity contribution < 1.29 is 19.1 Å². The third-order valence-corrected chi connectivity index (χ3v) is 6.02. The summed E-state index contributed by atoms with van der Waals surface area (Å²) in [7, 11) is 2.11. The molecule has 1 heterocycles. The van der Waals surface area contributed by atoms with E-state index in [1.54, 1.807) is 0 Å². The quantitative estimate of drug-likeness (QED) is 0.269. The normalized spacial score (nSPS) is 24.3. The highest BCUT2D eigenvalue weighted by Gasteiger charge is 2.39. The van der Waals surface area contributed by atoms with Crippen LogP contribution in [-0.2, 0) is 19.1 Å². The fourth-order valence-electron chi connectivity index (χ4n) is 4.00. The maximum atomic E-state index is 11.3. The molecule has 6 heteroatoms. The number of hydrogen-bond donors (Lipinski definition) is 1. The van der Waals surface area contributed by atoms with Crippen molar-refractivity contribution in [2.45, 2.75) is 90.7 Å². The Bertz CT molecular complexity index is 575. The van der Waals surface area contributed by atoms with Gasteiger partial charge in [-0.2, -0.15) is 0 Å². The standard InChI is InChI=1S/C23H40N2O4/c1-17(9-6-5-7-10-20-15-22(20)29-19(3)26)18(2)28-14-8-13-25(4)16-21-11-12-23(27)24-21/h20-22H,5-16H2,1-4H3,(H,24,27). The van der Waals surface area contributed by atoms with Crippen LogP contribution in [0.5, 0.6) is 0 Å². The third-order valence-electron chi connectivity index (χ3n) is 6.02. The lowest BCUT2D eigenvalue weighted by molar-refractivity contribution is -0.142. The van der Waals surface area contributed by atoms with E-state index in [9.17, 15) is 9.59 Å². The molecular formula is C23H40N2O4. The van der Waals surface area contributed by atoms with Crippen LogP contribution < -0.4 is 5.32 Å². The molecule has 3 atom stereocenters. The van der Waals surface area contributed by atoms with E-state index < -0.39 is 0 Å². The second-order valence-corrected chi connectivity index (χ2v) is 8.85. The molecule has 1 N–H and O–H groups in total. The van der Waals surface area contributed by atoms with Crippen molar-refractivity contribution in [3.8, 4) is 0 Å². The zero-order chi connectivity index (χ0) is 21.2. The summed E-state index contributed by atoms with van der Waals surface area (Å²) in [6.07, 6.45) is 9.74. The number of unbranched alkanes of at least 4 members (excludes halogenated alkanes) is 2. The van der Waals surface area contributed by atoms with Crippen LogP contribution in [0.1, 0.15) is 78.6 Å². The van der Waals surface area contributed by atoms with Crippen LogP contribution in [0.25, 0.3) is 0 Å². The second kappa shape index (κ2) is 12.2. The fraction of sp³-hybridized carbons (Fsp3) is 0.826. The Hall–Kier alpha value is -1.56. The molecule has 0 aromatic rings. The Balaban J connectivity index is 1.46. The lowest BCUT2D eigenvalue weighted by atomic mass is 10.1. The van der Waals surface area contributed by atoms with Crippen molar-refractivity contribution in [2.75, 3.05) is 26.7 Å². The number of esters is 1. The van der Waals surface area contributed by atoms with Crippen molar-refractivity contribution >= 4 is 11.9 Å². The number of nitrogens with zero attached hydrogens (tertiary/aromatic N) is 1. The lowest BCUT2D eigenvalue weighted by Gasteiger charge is -2.21. The minimum atomic E-state index is -0.150. The summed E-state index contributed by atoms with van der Waals surface area (Å²) in [6.45, 7) is 8.37. The first-order chi connectivity index (χ1) is 13.8. The average Bonchev–Trinajstić information content (AvgIpc) is 3.25. The summed E-state index contributed by atoms with van der Waals surface area (Å²) in [4.78, 5) is 24.4. The monoisotopic (exact) mass is 408 g/mol. The van der Waals surface area contributed by atoms with Gasteiger partial charge in [0.2, 0.25) is 5.91 Å². The molecule has 166 valence electrons. The molecule has 0 aromatic carbocycles. The number of nitrogens with one attached hydrogen (secondary N) is 1. The van der Waals surface area contributed by atoms with Crippen molar-refractivity contribution in [3.05, 3.63) is 11.3 Å². The molecule has 1 saturated heterocycles. The first kappa shape index (κ1) is 23.7. The van der Waals surface area contributed by atoms with Gasteiger partial charge in [0.1, 0.15) is 6.10 Å². The lowest BCUT2D eigenvalue weighted by Crippen LogP contribution is -2.37. The predicted molar refractivity (Wildman–Crippen MR) is 114 cm³/mol. The molecule has 1 saturated carbocycles. The van der Waals surface area contributed by atoms with Crippen molar-refractivity contribution in [1.29, 1.82) is 0 Å². The van der Waals surface area contributed by atoms with Crippen LogP contribution in [-0.4, -0.2) is 55.7 Å². The maximum Gasteiger partial charge on any atom is 0.302 e. The van der Waals surface area contributed by atoms with Crippen LogP contribution in [0.2, 0.25) is 0 Å². The van der Waals surface area contributed by atoms with E-state index in [-0.39, 0.29) is 18.0 Å². The fourth-order valence-corrected chi connectivity index (χ4v) is 4.00. The summed E-state index contributed by atoms with van der Waals surface area (Å²) in [6, 6.07) is 0.310. The van der Waals surface area contributed by atoms with Gasteiger partial charge < -0.3 is 19.7 Å². The number of allylic oxidation sites excluding steroid dienone is 2. The highest BCUT2D eigenvalue weighted by atomic mass is 16.5. The minimum absolute atomic E-state index is 0.150. The van der Waals surface area contributed by atoms with Gasteiger partial charge in [-0.3, -0.25) is 9.59 Å². The molecule has 0 spiro atoms. The maximum absolute atomic E-state index is 11.3. The zero-order valence-corrected chi connectivity index (χ0v) is 18.8. The Labute approximate surface area is 176 Å². The summed E-state index contributed by atoms with van der Waals surface area (Å²) >= 11 is 0. The van der Waals surface area contributed by atoms with Crippen LogP contribution in [0, 0.1) is 5.92 Å². The van der Waals surface area contributed by atoms with Gasteiger partial charge in [-0.1, -0.05) is 12.8 Å². The number of carbonyl (C=O) groups is 2. The SMILES string of the molecule is CC(=O)OC1CC1CCCCCC(C)=C(C)OCCCN(C)CC1CCC(=O)N1. The van der Waals surface area contributed by atoms with E-state index in [2.05, 4.69) is 31.1 Å². The number of rotatable bonds is 14. The van der Waals surface area contributed by atoms with Gasteiger partial charge in [0.25, 0.3) is 0 Å². The highest BCUT2D eigenvalue weighted by Crippen LogP contribution is 2.38. The average molecular weight is 409 g/mol. The number of ether oxygens (including phenoxy) is 2. The molecular weight excluding hydrogens is 368 g/mol. The first-order valence-corrected chi connectivity index (χ1v) is 11.3. The second-order valence-electron chi connectivity index (χ2n) is 8.85. The van der Waals surface area contributed by atoms with E-state index in [1.807, 2.05) is 0 Å². The number of carbonyl (C=O) groups excluding carboxylic acids is 2. The number of amides is 1. The van der Waals surface area contributed by atoms with Gasteiger partial charge in [0.15, 0.2) is 0 Å². The third kappa shape index (κ3) is 9.66. The molecule has 1 aliphatic heterocycles. The summed E-state index contributed by atoms with van der Waals surface area (Å²) in [5.74, 6) is 1.70. The Morgan fingerprint density at radius 1 is 1.17 bits per heavy atom. The minimum Gasteiger partial charge on any atom is -0.498 e. The van der Waals surface area contributed by atoms with E-state index in [1.165, 1.54) is 38.2 Å². The Morgan fingerprint density at radius 3 is 2.66 bits per heavy atom. The molecule has 2 fully saturated rings. The Morgan fingerprint density at radius 2 is 1.97 bits per heavy atom. The molecule has 29 heavy (non-hydrogen) atoms. The molecule has 0 bridgehead atoms. The zero-order valence-electron chi connectivity index (χ0n) is 18.8. The first-order valence-electron chi connectivity index (χ1n) is 11.3. The van der Waals surface area contributed by atoms with Gasteiger partial charge >= 0.3 is 5.97 Å². The summed E-state index contributed by atoms with van der Waals surface area (Å²) < 4.78 is 11.1. The summed E-state index contributed by atoms with van der Waals surface area (Å²) in [5.41, 5.74) is 1.34. The molecule has 6 nitrogen and oxygen atoms in total. The van der Waals surface area contributed by atoms with Crippen molar-refractivity contribution in [2.24, 2.45) is 5.92 Å². The smallest absolute Gasteiger partial charge is 0.302 e. The van der Waals surface area contributed by atoms with Gasteiger partial charge in [0, 0.05) is 32.5 Å². The number of hydrogen-bond acceptors (Lipinski definition) is 5. The van der Waals surface area contributed by atoms with Crippen LogP contribution in [0.4, 0.5) is 0 Å². The van der Waals surface area contributed by atoms with Crippen LogP contribution in [0.3, 0.4) is 0 Å². The molecule has 1 aliphatic carbocycles. The highest BCUT2D eigenvalue weighted by molar-refractivity contribution is 5.78. The number of likely N-dealkylation sites (N-methyl/N-ethyl adjacent to an activating group) is 1. The predicted octanol–water partition coefficient (Wildman–Crippen LogP) is 3.80. The van der Waals surface area contributed by atoms with Gasteiger partial charge in [-0.25, -0.2) is 0 Å². The molecule has 0 radical (unpaired) electrons. The molecule has 2 aliphatic rings. The van der Waals surface area contributed by atoms with Gasteiger partial charge in [-0.05, 0) is 70.9 Å². The van der Waals surface area contributed by atoms with Crippen molar-refractivity contribution in [3.63, 3.8) is 0 Å². The van der Waals surface area contributed by atoms with E-state index >= 15 is 0 Å². The van der Waals surface area contributed by atoms with Gasteiger partial charge in [0.05, 0.1) is 12.4 Å². The largest absolute Gasteiger partial charge is 0.498 e. The molecule has 2 rings (SSSR count). The van der Waals surface area contributed by atoms with Crippen molar-refractivity contribution in [1.82, 2.24) is 10.2 Å². The Kier molecular flexibility index (Phi) is 9.98. The topological polar surface area (TPSA) is 67.9 Å². The molecule has 1 amide bonds. The van der Waals surface area contributed by atoms with E-state index in [4.69, 9.17) is 9.47 Å². The van der Waals surface area contributed by atoms with Gasteiger partial charge in [-0.15, -0.1) is 0 Å². The van der Waals surface area contributed by atoms with E-state index in [0.29, 0.717) is 18.4 Å². The molecule has 3 unspecified atom stereocenters. The summed E-state index contributed by atoms with van der Waals surface area (Å²) in [5, 5.41) is 3.02. The van der Waals surface area contributed by atoms with Crippen LogP contribution >= 0.6 is 0 Å². The molecule has 0 aromatic heterocycles.